The first-order valence-electron chi connectivity index (χ1n) is 6.32. The molecule has 0 bridgehead atoms. The molecule has 0 spiro atoms. The second kappa shape index (κ2) is 5.87. The van der Waals surface area contributed by atoms with Gasteiger partial charge >= 0.3 is 0 Å². The molecule has 0 aliphatic heterocycles. The quantitative estimate of drug-likeness (QED) is 0.827. The number of amides is 1. The van der Waals surface area contributed by atoms with Crippen LogP contribution in [0.25, 0.3) is 0 Å². The van der Waals surface area contributed by atoms with E-state index >= 15 is 0 Å². The Bertz CT molecular complexity index is 399. The molecule has 1 saturated carbocycles. The Hall–Kier alpha value is -1.55. The van der Waals surface area contributed by atoms with E-state index in [1.165, 1.54) is 5.56 Å². The van der Waals surface area contributed by atoms with Crippen molar-refractivity contribution in [3.63, 3.8) is 0 Å². The second-order valence-electron chi connectivity index (χ2n) is 4.70. The van der Waals surface area contributed by atoms with E-state index in [0.29, 0.717) is 6.04 Å². The van der Waals surface area contributed by atoms with E-state index in [4.69, 9.17) is 4.74 Å². The van der Waals surface area contributed by atoms with E-state index in [0.717, 1.165) is 25.1 Å². The van der Waals surface area contributed by atoms with Gasteiger partial charge in [-0.25, -0.2) is 0 Å². The average Bonchev–Trinajstić information content (AvgIpc) is 3.21. The zero-order chi connectivity index (χ0) is 13.0. The standard InChI is InChI=1S/C14H20N2O2/c1-15-9-11-3-7-13(8-4-11)18-10-14(17)16(2)12-5-6-12/h3-4,7-8,12,15H,5-6,9-10H2,1-2H3. The van der Waals surface area contributed by atoms with E-state index < -0.39 is 0 Å². The molecule has 0 radical (unpaired) electrons. The van der Waals surface area contributed by atoms with Crippen LogP contribution in [0.2, 0.25) is 0 Å². The minimum atomic E-state index is 0.0526. The summed E-state index contributed by atoms with van der Waals surface area (Å²) in [5.74, 6) is 0.796. The summed E-state index contributed by atoms with van der Waals surface area (Å²) in [7, 11) is 3.76. The van der Waals surface area contributed by atoms with Crippen LogP contribution in [-0.2, 0) is 11.3 Å². The van der Waals surface area contributed by atoms with Crippen molar-refractivity contribution in [2.24, 2.45) is 0 Å². The van der Waals surface area contributed by atoms with Crippen LogP contribution in [0, 0.1) is 0 Å². The molecule has 0 saturated heterocycles. The van der Waals surface area contributed by atoms with Gasteiger partial charge in [0, 0.05) is 19.6 Å². The zero-order valence-corrected chi connectivity index (χ0v) is 11.0. The van der Waals surface area contributed by atoms with Crippen molar-refractivity contribution in [2.45, 2.75) is 25.4 Å². The highest BCUT2D eigenvalue weighted by atomic mass is 16.5. The first kappa shape index (κ1) is 12.9. The second-order valence-corrected chi connectivity index (χ2v) is 4.70. The smallest absolute Gasteiger partial charge is 0.260 e. The van der Waals surface area contributed by atoms with Gasteiger partial charge in [-0.3, -0.25) is 4.79 Å². The molecule has 0 atom stereocenters. The number of nitrogens with zero attached hydrogens (tertiary/aromatic N) is 1. The maximum Gasteiger partial charge on any atom is 0.260 e. The van der Waals surface area contributed by atoms with Gasteiger partial charge in [-0.15, -0.1) is 0 Å². The van der Waals surface area contributed by atoms with Crippen molar-refractivity contribution in [1.29, 1.82) is 0 Å². The number of hydrogen-bond donors (Lipinski definition) is 1. The lowest BCUT2D eigenvalue weighted by Crippen LogP contribution is -2.33. The monoisotopic (exact) mass is 248 g/mol. The number of benzene rings is 1. The molecule has 0 heterocycles. The summed E-state index contributed by atoms with van der Waals surface area (Å²) in [6.07, 6.45) is 2.25. The molecule has 1 aromatic rings. The summed E-state index contributed by atoms with van der Waals surface area (Å²) < 4.78 is 5.49. The molecule has 1 fully saturated rings. The van der Waals surface area contributed by atoms with E-state index in [1.807, 2.05) is 38.4 Å². The molecular formula is C14H20N2O2. The van der Waals surface area contributed by atoms with Gasteiger partial charge < -0.3 is 15.0 Å². The minimum Gasteiger partial charge on any atom is -0.484 e. The SMILES string of the molecule is CNCc1ccc(OCC(=O)N(C)C2CC2)cc1. The Morgan fingerprint density at radius 3 is 2.61 bits per heavy atom. The molecule has 1 aliphatic rings. The molecule has 1 N–H and O–H groups in total. The van der Waals surface area contributed by atoms with Gasteiger partial charge in [-0.1, -0.05) is 12.1 Å². The third kappa shape index (κ3) is 3.47. The molecular weight excluding hydrogens is 228 g/mol. The highest BCUT2D eigenvalue weighted by Gasteiger charge is 2.29. The molecule has 0 unspecified atom stereocenters. The van der Waals surface area contributed by atoms with Crippen LogP contribution in [0.15, 0.2) is 24.3 Å². The Labute approximate surface area is 108 Å². The van der Waals surface area contributed by atoms with E-state index in [2.05, 4.69) is 5.32 Å². The fourth-order valence-corrected chi connectivity index (χ4v) is 1.82. The molecule has 2 rings (SSSR count). The Balaban J connectivity index is 1.80. The highest BCUT2D eigenvalue weighted by molar-refractivity contribution is 5.78. The molecule has 1 aromatic carbocycles. The summed E-state index contributed by atoms with van der Waals surface area (Å²) >= 11 is 0. The molecule has 0 aromatic heterocycles. The maximum absolute atomic E-state index is 11.8. The van der Waals surface area contributed by atoms with Crippen LogP contribution in [0.3, 0.4) is 0 Å². The van der Waals surface area contributed by atoms with Gasteiger partial charge in [0.05, 0.1) is 0 Å². The van der Waals surface area contributed by atoms with Crippen molar-refractivity contribution in [3.05, 3.63) is 29.8 Å². The highest BCUT2D eigenvalue weighted by Crippen LogP contribution is 2.25. The van der Waals surface area contributed by atoms with Gasteiger partial charge in [-0.2, -0.15) is 0 Å². The van der Waals surface area contributed by atoms with Crippen LogP contribution in [-0.4, -0.2) is 37.6 Å². The zero-order valence-electron chi connectivity index (χ0n) is 11.0. The lowest BCUT2D eigenvalue weighted by atomic mass is 10.2. The van der Waals surface area contributed by atoms with E-state index in [-0.39, 0.29) is 12.5 Å². The van der Waals surface area contributed by atoms with Crippen LogP contribution in [0.5, 0.6) is 5.75 Å². The number of carbonyl (C=O) groups excluding carboxylic acids is 1. The summed E-state index contributed by atoms with van der Waals surface area (Å²) in [5, 5.41) is 3.09. The normalized spacial score (nSPS) is 14.3. The van der Waals surface area contributed by atoms with Crippen LogP contribution < -0.4 is 10.1 Å². The molecule has 18 heavy (non-hydrogen) atoms. The number of likely N-dealkylation sites (N-methyl/N-ethyl adjacent to an activating group) is 1. The summed E-state index contributed by atoms with van der Waals surface area (Å²) in [6, 6.07) is 8.25. The van der Waals surface area contributed by atoms with Gasteiger partial charge in [0.15, 0.2) is 6.61 Å². The molecule has 98 valence electrons. The Kier molecular flexibility index (Phi) is 4.20. The topological polar surface area (TPSA) is 41.6 Å². The van der Waals surface area contributed by atoms with Crippen molar-refractivity contribution < 1.29 is 9.53 Å². The van der Waals surface area contributed by atoms with Gasteiger partial charge in [0.25, 0.3) is 5.91 Å². The first-order valence-corrected chi connectivity index (χ1v) is 6.32. The summed E-state index contributed by atoms with van der Waals surface area (Å²) in [6.45, 7) is 0.960. The predicted molar refractivity (Wildman–Crippen MR) is 70.5 cm³/mol. The number of carbonyl (C=O) groups is 1. The van der Waals surface area contributed by atoms with Crippen LogP contribution >= 0.6 is 0 Å². The van der Waals surface area contributed by atoms with Gasteiger partial charge in [0.1, 0.15) is 5.75 Å². The van der Waals surface area contributed by atoms with E-state index in [1.54, 1.807) is 4.90 Å². The third-order valence-corrected chi connectivity index (χ3v) is 3.15. The van der Waals surface area contributed by atoms with Gasteiger partial charge in [-0.05, 0) is 37.6 Å². The number of hydrogen-bond acceptors (Lipinski definition) is 3. The molecule has 4 nitrogen and oxygen atoms in total. The Morgan fingerprint density at radius 1 is 1.39 bits per heavy atom. The molecule has 4 heteroatoms. The predicted octanol–water partition coefficient (Wildman–Crippen LogP) is 1.41. The number of rotatable bonds is 6. The van der Waals surface area contributed by atoms with Crippen molar-refractivity contribution >= 4 is 5.91 Å². The Morgan fingerprint density at radius 2 is 2.06 bits per heavy atom. The summed E-state index contributed by atoms with van der Waals surface area (Å²) in [4.78, 5) is 13.5. The third-order valence-electron chi connectivity index (χ3n) is 3.15. The van der Waals surface area contributed by atoms with Crippen molar-refractivity contribution in [1.82, 2.24) is 10.2 Å². The minimum absolute atomic E-state index is 0.0526. The largest absolute Gasteiger partial charge is 0.484 e. The number of nitrogens with one attached hydrogen (secondary N) is 1. The van der Waals surface area contributed by atoms with Crippen LogP contribution in [0.4, 0.5) is 0 Å². The number of ether oxygens (including phenoxy) is 1. The maximum atomic E-state index is 11.8. The van der Waals surface area contributed by atoms with Crippen molar-refractivity contribution in [3.8, 4) is 5.75 Å². The van der Waals surface area contributed by atoms with Crippen molar-refractivity contribution in [2.75, 3.05) is 20.7 Å². The average molecular weight is 248 g/mol. The van der Waals surface area contributed by atoms with Crippen LogP contribution in [0.1, 0.15) is 18.4 Å². The molecule has 1 amide bonds. The first-order chi connectivity index (χ1) is 8.70. The van der Waals surface area contributed by atoms with Gasteiger partial charge in [0.2, 0.25) is 0 Å². The fourth-order valence-electron chi connectivity index (χ4n) is 1.82. The lowest BCUT2D eigenvalue weighted by Gasteiger charge is -2.16. The lowest BCUT2D eigenvalue weighted by molar-refractivity contribution is -0.132. The fraction of sp³-hybridized carbons (Fsp3) is 0.500. The summed E-state index contributed by atoms with van der Waals surface area (Å²) in [5.41, 5.74) is 1.20. The van der Waals surface area contributed by atoms with E-state index in [9.17, 15) is 4.79 Å². The molecule has 1 aliphatic carbocycles.